The smallest absolute Gasteiger partial charge is 0.224 e. The number of aromatic nitrogens is 4. The topological polar surface area (TPSA) is 317 Å². The molecule has 4 fully saturated rings. The third-order valence-corrected chi connectivity index (χ3v) is 31.6. The minimum absolute atomic E-state index is 0.00398. The van der Waals surface area contributed by atoms with E-state index in [0.29, 0.717) is 134 Å². The van der Waals surface area contributed by atoms with Gasteiger partial charge in [0, 0.05) is 141 Å². The second-order valence-corrected chi connectivity index (χ2v) is 43.7. The number of thiazole rings is 4. The lowest BCUT2D eigenvalue weighted by atomic mass is 9.83. The van der Waals surface area contributed by atoms with Crippen molar-refractivity contribution in [3.63, 3.8) is 0 Å². The summed E-state index contributed by atoms with van der Waals surface area (Å²) in [5, 5.41) is 21.3. The molecule has 4 heterocycles. The Hall–Kier alpha value is -8.40. The van der Waals surface area contributed by atoms with E-state index in [1.165, 1.54) is 192 Å². The van der Waals surface area contributed by atoms with E-state index < -0.39 is 23.7 Å². The van der Waals surface area contributed by atoms with Crippen molar-refractivity contribution in [3.05, 3.63) is 164 Å². The zero-order chi connectivity index (χ0) is 98.0. The molecule has 4 aliphatic rings. The molecule has 0 radical (unpaired) electrons. The Bertz CT molecular complexity index is 5190. The number of hydrogen-bond acceptors (Lipinski definition) is 20. The van der Waals surface area contributed by atoms with Gasteiger partial charge in [-0.2, -0.15) is 0 Å². The van der Waals surface area contributed by atoms with Gasteiger partial charge in [-0.3, -0.25) is 52.7 Å². The first kappa shape index (κ1) is 111. The van der Waals surface area contributed by atoms with E-state index in [4.69, 9.17) is 46.4 Å². The summed E-state index contributed by atoms with van der Waals surface area (Å²) in [6, 6.07) is 21.9. The van der Waals surface area contributed by atoms with Crippen LogP contribution in [0.5, 0.6) is 0 Å². The Morgan fingerprint density at radius 2 is 0.610 bits per heavy atom. The second kappa shape index (κ2) is 59.2. The molecule has 0 bridgehead atoms. The lowest BCUT2D eigenvalue weighted by Gasteiger charge is -2.28. The number of nitrogens with zero attached hydrogens (tertiary/aromatic N) is 4. The predicted molar refractivity (Wildman–Crippen MR) is 556 cm³/mol. The number of halogens is 4. The molecule has 0 saturated heterocycles. The Morgan fingerprint density at radius 3 is 0.846 bits per heavy atom. The largest absolute Gasteiger partial charge is 0.359 e. The highest BCUT2D eigenvalue weighted by Gasteiger charge is 2.34. The van der Waals surface area contributed by atoms with E-state index in [0.717, 1.165) is 106 Å². The number of fused-ring (bicyclic) bond motifs is 4. The molecular formula is C107H139Cl4N9O12S4. The van der Waals surface area contributed by atoms with Gasteiger partial charge in [0.2, 0.25) is 29.5 Å². The molecule has 0 aliphatic heterocycles. The summed E-state index contributed by atoms with van der Waals surface area (Å²) in [5.74, 6) is -0.307. The molecule has 0 unspecified atom stereocenters. The standard InChI is InChI=1S/C28H37ClN2O3S.C27H35ClN2O3S.C26H34ClN3O3S.C26H33ClN2O3S/c1-3-8-24(33)16-20(17-27-31-25-14-11-21(29)18-26(25)35-27)28(34)30-22(12-13-23(32)4-2)15-19-9-6-5-7-10-19;1-3-22(31)12-11-21(14-18-8-6-5-7-9-18)29-27(33)19(15-23(32)4-2)16-26-30-24-13-10-20(28)17-25(24)34-26;1-3-21(31)11-10-20(13-17-7-5-4-6-8-17)29-26(33)18(14-24(32)28-2)15-25-30-22-12-9-19(27)16-23(22)34-25;1-3-22(31)11-10-21(14-18-7-5-4-6-8-18)28-26(32)19(13-17(2)30)15-25-29-23-12-9-20(27)16-24(23)33-25/h4,11,14,18-20,22H,2-3,5-10,12-13,15-17H2,1H3,(H,30,34);3,10,13,17-19,21H,1,4-9,11-12,14-16H2,2H3,(H,29,33);3,9,12,16-18,20H,1,4-8,10-11,13-15H2,2H3,(H,28,32)(H,29,33);3,9,12,16,18-19,21H,1,4-8,10-11,13-15H2,2H3,(H,28,32)/t20-,22+;19-,21+;18-,20+;19-,21+/m0000/s1. The van der Waals surface area contributed by atoms with Gasteiger partial charge in [0.1, 0.15) is 17.3 Å². The predicted octanol–water partition coefficient (Wildman–Crippen LogP) is 24.6. The molecule has 8 atom stereocenters. The van der Waals surface area contributed by atoms with Crippen molar-refractivity contribution in [2.75, 3.05) is 7.05 Å². The number of hydrogen-bond donors (Lipinski definition) is 5. The molecule has 8 aromatic rings. The molecule has 5 amide bonds. The fourth-order valence-electron chi connectivity index (χ4n) is 19.0. The molecule has 4 aromatic carbocycles. The summed E-state index contributed by atoms with van der Waals surface area (Å²) in [7, 11) is 1.57. The lowest BCUT2D eigenvalue weighted by Crippen LogP contribution is -2.42. The van der Waals surface area contributed by atoms with E-state index in [1.54, 1.807) is 25.2 Å². The molecule has 4 saturated carbocycles. The summed E-state index contributed by atoms with van der Waals surface area (Å²) in [5.41, 5.74) is 3.39. The first-order valence-electron chi connectivity index (χ1n) is 49.2. The van der Waals surface area contributed by atoms with Crippen LogP contribution in [0.2, 0.25) is 20.1 Å². The Kier molecular flexibility index (Phi) is 48.5. The van der Waals surface area contributed by atoms with Gasteiger partial charge in [0.15, 0.2) is 23.1 Å². The maximum Gasteiger partial charge on any atom is 0.224 e. The number of ketones is 7. The SMILES string of the molecule is C=CC(=O)CC[C@H](CC1CCCCC1)NC(=O)[C@@H](CC(=O)CC)Cc1nc2ccc(Cl)cc2s1.C=CC(=O)CC[C@H](CC1CCCCC1)NC(=O)[C@@H](CC(=O)CCC)Cc1nc2ccc(Cl)cc2s1.C=CC(=O)CC[C@H](CC1CCCCC1)NC(=O)[C@@H](CC(=O)NC)Cc1nc2ccc(Cl)cc2s1.C=CC(=O)CC[C@H](CC1CCCCC1)NC(=O)[C@@H](CC(C)=O)Cc1nc2ccc(Cl)cc2s1. The number of amides is 5. The number of benzene rings is 4. The Morgan fingerprint density at radius 1 is 0.360 bits per heavy atom. The van der Waals surface area contributed by atoms with E-state index in [-0.39, 0.29) is 120 Å². The van der Waals surface area contributed by atoms with Crippen LogP contribution in [0, 0.1) is 47.3 Å². The van der Waals surface area contributed by atoms with Crippen molar-refractivity contribution >= 4 is 203 Å². The highest BCUT2D eigenvalue weighted by molar-refractivity contribution is 7.19. The number of carbonyl (C=O) groups excluding carboxylic acids is 12. The average molecular weight is 2010 g/mol. The number of carbonyl (C=O) groups is 12. The molecule has 4 aliphatic carbocycles. The number of Topliss-reactive ketones (excluding diaryl/α,β-unsaturated/α-hetero) is 3. The molecule has 0 spiro atoms. The summed E-state index contributed by atoms with van der Waals surface area (Å²) >= 11 is 30.5. The van der Waals surface area contributed by atoms with Gasteiger partial charge in [-0.25, -0.2) is 19.9 Å². The average Bonchev–Trinajstić information content (AvgIpc) is 1.69. The molecule has 136 heavy (non-hydrogen) atoms. The molecule has 4 aromatic heterocycles. The summed E-state index contributed by atoms with van der Waals surface area (Å²) in [6.45, 7) is 19.6. The van der Waals surface area contributed by atoms with Crippen molar-refractivity contribution in [1.82, 2.24) is 46.5 Å². The fraction of sp³-hybridized carbons (Fsp3) is 0.551. The highest BCUT2D eigenvalue weighted by Crippen LogP contribution is 2.38. The number of nitrogens with one attached hydrogen (secondary N) is 5. The third kappa shape index (κ3) is 39.4. The quantitative estimate of drug-likeness (QED) is 0.0221. The second-order valence-electron chi connectivity index (χ2n) is 37.5. The first-order valence-corrected chi connectivity index (χ1v) is 54.0. The van der Waals surface area contributed by atoms with Crippen LogP contribution in [0.4, 0.5) is 0 Å². The zero-order valence-corrected chi connectivity index (χ0v) is 86.0. The normalized spacial score (nSPS) is 16.1. The van der Waals surface area contributed by atoms with Gasteiger partial charge in [-0.1, -0.05) is 215 Å². The maximum atomic E-state index is 13.5. The molecule has 12 rings (SSSR count). The van der Waals surface area contributed by atoms with Crippen LogP contribution >= 0.6 is 91.8 Å². The minimum atomic E-state index is -0.542. The van der Waals surface area contributed by atoms with Crippen molar-refractivity contribution in [2.45, 2.75) is 321 Å². The number of allylic oxidation sites excluding steroid dienone is 4. The molecule has 21 nitrogen and oxygen atoms in total. The van der Waals surface area contributed by atoms with Gasteiger partial charge in [-0.05, 0) is 185 Å². The van der Waals surface area contributed by atoms with E-state index >= 15 is 0 Å². The van der Waals surface area contributed by atoms with Crippen molar-refractivity contribution in [3.8, 4) is 0 Å². The zero-order valence-electron chi connectivity index (χ0n) is 79.7. The number of rotatable bonds is 51. The van der Waals surface area contributed by atoms with Crippen molar-refractivity contribution < 1.29 is 57.5 Å². The lowest BCUT2D eigenvalue weighted by molar-refractivity contribution is -0.130. The molecule has 5 N–H and O–H groups in total. The summed E-state index contributed by atoms with van der Waals surface area (Å²) in [6.07, 6.45) is 40.9. The van der Waals surface area contributed by atoms with Gasteiger partial charge < -0.3 is 31.4 Å². The van der Waals surface area contributed by atoms with Crippen LogP contribution < -0.4 is 26.6 Å². The van der Waals surface area contributed by atoms with Gasteiger partial charge in [0.25, 0.3) is 0 Å². The first-order chi connectivity index (χ1) is 65.4. The van der Waals surface area contributed by atoms with Crippen LogP contribution in [0.25, 0.3) is 40.9 Å². The maximum absolute atomic E-state index is 13.5. The van der Waals surface area contributed by atoms with Crippen LogP contribution in [-0.4, -0.2) is 121 Å². The summed E-state index contributed by atoms with van der Waals surface area (Å²) < 4.78 is 3.88. The third-order valence-electron chi connectivity index (χ3n) is 26.5. The monoisotopic (exact) mass is 2010 g/mol. The molecule has 29 heteroatoms. The van der Waals surface area contributed by atoms with Crippen molar-refractivity contribution in [2.24, 2.45) is 47.3 Å². The summed E-state index contributed by atoms with van der Waals surface area (Å²) in [4.78, 5) is 169. The Balaban J connectivity index is 0.000000203. The van der Waals surface area contributed by atoms with Crippen LogP contribution in [0.1, 0.15) is 291 Å². The van der Waals surface area contributed by atoms with Crippen LogP contribution in [0.15, 0.2) is 123 Å². The minimum Gasteiger partial charge on any atom is -0.359 e. The van der Waals surface area contributed by atoms with E-state index in [9.17, 15) is 57.5 Å². The van der Waals surface area contributed by atoms with Crippen LogP contribution in [-0.2, 0) is 83.2 Å². The molecule has 736 valence electrons. The van der Waals surface area contributed by atoms with Gasteiger partial charge in [-0.15, -0.1) is 45.3 Å². The Labute approximate surface area is 839 Å². The highest BCUT2D eigenvalue weighted by atomic mass is 35.5. The van der Waals surface area contributed by atoms with E-state index in [2.05, 4.69) is 72.8 Å². The van der Waals surface area contributed by atoms with Gasteiger partial charge >= 0.3 is 0 Å². The fourth-order valence-corrected chi connectivity index (χ4v) is 24.3. The molecular weight excluding hydrogens is 1870 g/mol. The van der Waals surface area contributed by atoms with Crippen molar-refractivity contribution in [1.29, 1.82) is 0 Å². The van der Waals surface area contributed by atoms with Crippen LogP contribution in [0.3, 0.4) is 0 Å². The van der Waals surface area contributed by atoms with E-state index in [1.807, 2.05) is 68.4 Å². The van der Waals surface area contributed by atoms with Gasteiger partial charge in [0.05, 0.1) is 84.6 Å².